The summed E-state index contributed by atoms with van der Waals surface area (Å²) in [6.45, 7) is 3.55. The number of aryl methyl sites for hydroxylation is 1. The van der Waals surface area contributed by atoms with Crippen molar-refractivity contribution in [2.75, 3.05) is 46.9 Å². The van der Waals surface area contributed by atoms with Gasteiger partial charge < -0.3 is 24.4 Å². The maximum Gasteiger partial charge on any atom is 0.232 e. The van der Waals surface area contributed by atoms with Crippen LogP contribution in [0.3, 0.4) is 0 Å². The molecule has 1 aromatic heterocycles. The SMILES string of the molecule is CN=C(NCC(C(=O)N1CCOCC1)c1ccccc1)N(C)Cc1cc(Cl)cn1C.I. The van der Waals surface area contributed by atoms with Crippen LogP contribution in [0.4, 0.5) is 0 Å². The number of amides is 1. The summed E-state index contributed by atoms with van der Waals surface area (Å²) in [6.07, 6.45) is 1.88. The lowest BCUT2D eigenvalue weighted by molar-refractivity contribution is -0.136. The summed E-state index contributed by atoms with van der Waals surface area (Å²) >= 11 is 6.11. The lowest BCUT2D eigenvalue weighted by Crippen LogP contribution is -2.47. The molecule has 0 radical (unpaired) electrons. The zero-order valence-electron chi connectivity index (χ0n) is 18.3. The van der Waals surface area contributed by atoms with E-state index >= 15 is 0 Å². The van der Waals surface area contributed by atoms with Gasteiger partial charge in [0.1, 0.15) is 0 Å². The highest BCUT2D eigenvalue weighted by molar-refractivity contribution is 14.0. The van der Waals surface area contributed by atoms with Crippen LogP contribution in [0.1, 0.15) is 17.2 Å². The van der Waals surface area contributed by atoms with Crippen LogP contribution < -0.4 is 5.32 Å². The van der Waals surface area contributed by atoms with Crippen LogP contribution in [0.15, 0.2) is 47.6 Å². The predicted molar refractivity (Wildman–Crippen MR) is 135 cm³/mol. The highest BCUT2D eigenvalue weighted by Gasteiger charge is 2.27. The van der Waals surface area contributed by atoms with Gasteiger partial charge in [-0.05, 0) is 11.6 Å². The molecule has 1 fully saturated rings. The second-order valence-electron chi connectivity index (χ2n) is 7.45. The molecule has 9 heteroatoms. The van der Waals surface area contributed by atoms with E-state index in [-0.39, 0.29) is 35.8 Å². The Bertz CT molecular complexity index is 868. The molecule has 31 heavy (non-hydrogen) atoms. The summed E-state index contributed by atoms with van der Waals surface area (Å²) in [4.78, 5) is 21.6. The molecule has 170 valence electrons. The molecule has 7 nitrogen and oxygen atoms in total. The van der Waals surface area contributed by atoms with E-state index in [0.29, 0.717) is 44.4 Å². The van der Waals surface area contributed by atoms with Crippen molar-refractivity contribution >= 4 is 47.4 Å². The van der Waals surface area contributed by atoms with Gasteiger partial charge in [-0.25, -0.2) is 0 Å². The van der Waals surface area contributed by atoms with Crippen LogP contribution in [0.5, 0.6) is 0 Å². The molecular formula is C22H31ClIN5O2. The molecule has 1 atom stereocenters. The van der Waals surface area contributed by atoms with E-state index < -0.39 is 0 Å². The van der Waals surface area contributed by atoms with Crippen molar-refractivity contribution in [2.45, 2.75) is 12.5 Å². The Morgan fingerprint density at radius 1 is 1.29 bits per heavy atom. The molecule has 3 rings (SSSR count). The third-order valence-electron chi connectivity index (χ3n) is 5.33. The monoisotopic (exact) mass is 559 g/mol. The largest absolute Gasteiger partial charge is 0.378 e. The first-order chi connectivity index (χ1) is 14.5. The Morgan fingerprint density at radius 3 is 2.55 bits per heavy atom. The van der Waals surface area contributed by atoms with Crippen molar-refractivity contribution in [1.29, 1.82) is 0 Å². The summed E-state index contributed by atoms with van der Waals surface area (Å²) in [5, 5.41) is 4.10. The van der Waals surface area contributed by atoms with E-state index in [1.54, 1.807) is 7.05 Å². The molecular weight excluding hydrogens is 529 g/mol. The minimum absolute atomic E-state index is 0. The molecule has 0 spiro atoms. The average Bonchev–Trinajstić information content (AvgIpc) is 3.08. The number of aromatic nitrogens is 1. The molecule has 1 aliphatic rings. The van der Waals surface area contributed by atoms with Crippen LogP contribution in [0, 0.1) is 0 Å². The minimum atomic E-state index is -0.293. The third-order valence-corrected chi connectivity index (χ3v) is 5.54. The standard InChI is InChI=1S/C22H30ClN5O2.HI/c1-24-22(27(3)16-19-13-18(23)15-26(19)2)25-14-20(17-7-5-4-6-8-17)21(29)28-9-11-30-12-10-28;/h4-8,13,15,20H,9-12,14,16H2,1-3H3,(H,24,25);1H. The van der Waals surface area contributed by atoms with Crippen LogP contribution in [0.2, 0.25) is 5.02 Å². The molecule has 1 aliphatic heterocycles. The summed E-state index contributed by atoms with van der Waals surface area (Å²) in [5.74, 6) is 0.547. The van der Waals surface area contributed by atoms with E-state index in [2.05, 4.69) is 10.3 Å². The zero-order chi connectivity index (χ0) is 21.5. The lowest BCUT2D eigenvalue weighted by atomic mass is 9.97. The summed E-state index contributed by atoms with van der Waals surface area (Å²) < 4.78 is 7.40. The predicted octanol–water partition coefficient (Wildman–Crippen LogP) is 2.95. The molecule has 2 aromatic rings. The molecule has 0 bridgehead atoms. The van der Waals surface area contributed by atoms with Crippen molar-refractivity contribution in [1.82, 2.24) is 19.7 Å². The smallest absolute Gasteiger partial charge is 0.232 e. The lowest BCUT2D eigenvalue weighted by Gasteiger charge is -2.31. The van der Waals surface area contributed by atoms with Crippen LogP contribution in [-0.2, 0) is 23.1 Å². The summed E-state index contributed by atoms with van der Waals surface area (Å²) in [6, 6.07) is 11.8. The average molecular weight is 560 g/mol. The molecule has 1 aromatic carbocycles. The van der Waals surface area contributed by atoms with E-state index in [9.17, 15) is 4.79 Å². The van der Waals surface area contributed by atoms with Crippen molar-refractivity contribution < 1.29 is 9.53 Å². The van der Waals surface area contributed by atoms with Gasteiger partial charge in [0, 0.05) is 52.7 Å². The van der Waals surface area contributed by atoms with Gasteiger partial charge in [-0.3, -0.25) is 9.79 Å². The molecule has 2 heterocycles. The Morgan fingerprint density at radius 2 is 1.97 bits per heavy atom. The number of aliphatic imine (C=N–C) groups is 1. The minimum Gasteiger partial charge on any atom is -0.378 e. The summed E-state index contributed by atoms with van der Waals surface area (Å²) in [5.41, 5.74) is 2.07. The summed E-state index contributed by atoms with van der Waals surface area (Å²) in [7, 11) is 5.69. The second-order valence-corrected chi connectivity index (χ2v) is 7.88. The zero-order valence-corrected chi connectivity index (χ0v) is 21.3. The first-order valence-corrected chi connectivity index (χ1v) is 10.5. The van der Waals surface area contributed by atoms with Gasteiger partial charge in [0.15, 0.2) is 5.96 Å². The molecule has 1 unspecified atom stereocenters. The van der Waals surface area contributed by atoms with Gasteiger partial charge in [-0.2, -0.15) is 0 Å². The number of guanidine groups is 1. The van der Waals surface area contributed by atoms with Gasteiger partial charge in [0.2, 0.25) is 5.91 Å². The van der Waals surface area contributed by atoms with Crippen molar-refractivity contribution in [3.63, 3.8) is 0 Å². The van der Waals surface area contributed by atoms with Crippen LogP contribution in [-0.4, -0.2) is 73.2 Å². The fourth-order valence-electron chi connectivity index (χ4n) is 3.66. The third kappa shape index (κ3) is 6.85. The van der Waals surface area contributed by atoms with Gasteiger partial charge in [-0.15, -0.1) is 24.0 Å². The topological polar surface area (TPSA) is 62.1 Å². The number of nitrogens with one attached hydrogen (secondary N) is 1. The first kappa shape index (κ1) is 25.5. The van der Waals surface area contributed by atoms with Gasteiger partial charge >= 0.3 is 0 Å². The quantitative estimate of drug-likeness (QED) is 0.336. The van der Waals surface area contributed by atoms with Gasteiger partial charge in [0.05, 0.1) is 30.7 Å². The molecule has 1 saturated heterocycles. The Labute approximate surface area is 206 Å². The number of nitrogens with zero attached hydrogens (tertiary/aromatic N) is 4. The van der Waals surface area contributed by atoms with Crippen LogP contribution in [0.25, 0.3) is 0 Å². The van der Waals surface area contributed by atoms with E-state index in [1.807, 2.05) is 71.1 Å². The Hall–Kier alpha value is -1.78. The number of benzene rings is 1. The fraction of sp³-hybridized carbons (Fsp3) is 0.455. The van der Waals surface area contributed by atoms with Gasteiger partial charge in [0.25, 0.3) is 0 Å². The maximum atomic E-state index is 13.3. The second kappa shape index (κ2) is 12.3. The maximum absolute atomic E-state index is 13.3. The Kier molecular flexibility index (Phi) is 10.1. The molecule has 1 N–H and O–H groups in total. The number of hydrogen-bond donors (Lipinski definition) is 1. The molecule has 0 saturated carbocycles. The van der Waals surface area contributed by atoms with Crippen molar-refractivity contribution in [3.8, 4) is 0 Å². The highest BCUT2D eigenvalue weighted by Crippen LogP contribution is 2.19. The Balaban J connectivity index is 0.00000341. The number of ether oxygens (including phenoxy) is 1. The van der Waals surface area contributed by atoms with Crippen molar-refractivity contribution in [2.24, 2.45) is 12.0 Å². The molecule has 0 aliphatic carbocycles. The molecule has 1 amide bonds. The van der Waals surface area contributed by atoms with Crippen molar-refractivity contribution in [3.05, 3.63) is 58.9 Å². The number of morpholine rings is 1. The first-order valence-electron chi connectivity index (χ1n) is 10.1. The normalized spacial score (nSPS) is 15.2. The number of hydrogen-bond acceptors (Lipinski definition) is 3. The number of carbonyl (C=O) groups is 1. The number of carbonyl (C=O) groups excluding carboxylic acids is 1. The van der Waals surface area contributed by atoms with Crippen LogP contribution >= 0.6 is 35.6 Å². The fourth-order valence-corrected chi connectivity index (χ4v) is 3.93. The van der Waals surface area contributed by atoms with E-state index in [4.69, 9.17) is 16.3 Å². The van der Waals surface area contributed by atoms with E-state index in [0.717, 1.165) is 17.2 Å². The number of halogens is 2. The van der Waals surface area contributed by atoms with Gasteiger partial charge in [-0.1, -0.05) is 41.9 Å². The van der Waals surface area contributed by atoms with E-state index in [1.165, 1.54) is 0 Å². The number of rotatable bonds is 6. The highest BCUT2D eigenvalue weighted by atomic mass is 127.